The Morgan fingerprint density at radius 1 is 1.67 bits per heavy atom. The number of nitrogen functional groups attached to an aromatic ring is 1. The molecule has 0 aliphatic carbocycles. The fraction of sp³-hybridized carbons (Fsp3) is 0.167. The minimum Gasteiger partial charge on any atom is -0.396 e. The molecule has 15 heavy (non-hydrogen) atoms. The minimum atomic E-state index is -0.253. The first-order chi connectivity index (χ1) is 7.24. The molecule has 9 heteroatoms. The van der Waals surface area contributed by atoms with Crippen LogP contribution < -0.4 is 11.1 Å². The highest BCUT2D eigenvalue weighted by Crippen LogP contribution is 2.05. The Kier molecular flexibility index (Phi) is 2.54. The van der Waals surface area contributed by atoms with E-state index >= 15 is 0 Å². The molecular formula is C6H7N7OS. The highest BCUT2D eigenvalue weighted by molar-refractivity contribution is 7.09. The van der Waals surface area contributed by atoms with Crippen molar-refractivity contribution in [3.8, 4) is 0 Å². The zero-order valence-electron chi connectivity index (χ0n) is 7.49. The van der Waals surface area contributed by atoms with E-state index in [1.165, 1.54) is 10.9 Å². The Balaban J connectivity index is 1.93. The normalized spacial score (nSPS) is 10.1. The van der Waals surface area contributed by atoms with Crippen molar-refractivity contribution in [1.29, 1.82) is 0 Å². The van der Waals surface area contributed by atoms with Crippen LogP contribution in [0.15, 0.2) is 12.4 Å². The van der Waals surface area contributed by atoms with Gasteiger partial charge in [-0.1, -0.05) is 9.59 Å². The molecule has 2 aromatic heterocycles. The quantitative estimate of drug-likeness (QED) is 0.718. The van der Waals surface area contributed by atoms with Crippen LogP contribution in [0.3, 0.4) is 0 Å². The SMILES string of the molecule is Nc1cnn(CC(=O)Nc2nnns2)c1. The van der Waals surface area contributed by atoms with E-state index in [4.69, 9.17) is 5.73 Å². The predicted octanol–water partition coefficient (Wildman–Crippen LogP) is -0.650. The van der Waals surface area contributed by atoms with Gasteiger partial charge in [-0.3, -0.25) is 14.8 Å². The smallest absolute Gasteiger partial charge is 0.247 e. The van der Waals surface area contributed by atoms with Crippen molar-refractivity contribution in [3.63, 3.8) is 0 Å². The second-order valence-electron chi connectivity index (χ2n) is 2.69. The predicted molar refractivity (Wildman–Crippen MR) is 53.0 cm³/mol. The summed E-state index contributed by atoms with van der Waals surface area (Å²) in [5, 5.41) is 13.7. The van der Waals surface area contributed by atoms with Crippen molar-refractivity contribution in [3.05, 3.63) is 12.4 Å². The first-order valence-electron chi connectivity index (χ1n) is 3.97. The number of rotatable bonds is 3. The van der Waals surface area contributed by atoms with Crippen LogP contribution in [0.4, 0.5) is 10.8 Å². The maximum atomic E-state index is 11.4. The maximum Gasteiger partial charge on any atom is 0.247 e. The molecule has 2 heterocycles. The molecule has 1 amide bonds. The van der Waals surface area contributed by atoms with Crippen molar-refractivity contribution in [2.75, 3.05) is 11.1 Å². The summed E-state index contributed by atoms with van der Waals surface area (Å²) in [5.74, 6) is -0.253. The van der Waals surface area contributed by atoms with Crippen molar-refractivity contribution in [2.24, 2.45) is 0 Å². The van der Waals surface area contributed by atoms with Gasteiger partial charge in [-0.05, 0) is 5.21 Å². The number of nitrogens with zero attached hydrogens (tertiary/aromatic N) is 5. The summed E-state index contributed by atoms with van der Waals surface area (Å²) in [6, 6.07) is 0. The summed E-state index contributed by atoms with van der Waals surface area (Å²) in [4.78, 5) is 11.4. The zero-order valence-corrected chi connectivity index (χ0v) is 8.31. The fourth-order valence-corrected chi connectivity index (χ4v) is 1.34. The van der Waals surface area contributed by atoms with Gasteiger partial charge in [0, 0.05) is 17.7 Å². The maximum absolute atomic E-state index is 11.4. The van der Waals surface area contributed by atoms with Crippen molar-refractivity contribution in [1.82, 2.24) is 24.6 Å². The van der Waals surface area contributed by atoms with E-state index in [9.17, 15) is 4.79 Å². The van der Waals surface area contributed by atoms with Crippen LogP contribution in [0.2, 0.25) is 0 Å². The number of carbonyl (C=O) groups excluding carboxylic acids is 1. The summed E-state index contributed by atoms with van der Waals surface area (Å²) in [6.45, 7) is 0.0801. The van der Waals surface area contributed by atoms with E-state index in [2.05, 4.69) is 25.2 Å². The first-order valence-corrected chi connectivity index (χ1v) is 4.74. The second kappa shape index (κ2) is 4.00. The molecule has 8 nitrogen and oxygen atoms in total. The molecule has 0 fully saturated rings. The first kappa shape index (κ1) is 9.52. The standard InChI is InChI=1S/C6H7N7OS/c7-4-1-8-13(2-4)3-5(14)9-6-10-11-12-15-6/h1-2H,3,7H2,(H,9,10,12,14). The van der Waals surface area contributed by atoms with E-state index in [1.54, 1.807) is 6.20 Å². The largest absolute Gasteiger partial charge is 0.396 e. The fourth-order valence-electron chi connectivity index (χ4n) is 0.954. The molecule has 0 radical (unpaired) electrons. The van der Waals surface area contributed by atoms with Crippen LogP contribution in [0, 0.1) is 0 Å². The summed E-state index contributed by atoms with van der Waals surface area (Å²) >= 11 is 1.01. The van der Waals surface area contributed by atoms with Crippen LogP contribution in [-0.4, -0.2) is 30.5 Å². The van der Waals surface area contributed by atoms with Crippen molar-refractivity contribution >= 4 is 28.3 Å². The molecule has 0 aliphatic heterocycles. The molecule has 0 bridgehead atoms. The Morgan fingerprint density at radius 3 is 3.13 bits per heavy atom. The number of anilines is 2. The van der Waals surface area contributed by atoms with E-state index in [1.807, 2.05) is 0 Å². The molecule has 3 N–H and O–H groups in total. The van der Waals surface area contributed by atoms with Gasteiger partial charge in [-0.15, -0.1) is 0 Å². The molecule has 0 saturated heterocycles. The lowest BCUT2D eigenvalue weighted by atomic mass is 10.5. The van der Waals surface area contributed by atoms with Crippen molar-refractivity contribution in [2.45, 2.75) is 6.54 Å². The number of nitrogens with two attached hydrogens (primary N) is 1. The molecule has 0 aromatic carbocycles. The van der Waals surface area contributed by atoms with Crippen molar-refractivity contribution < 1.29 is 4.79 Å². The van der Waals surface area contributed by atoms with Gasteiger partial charge in [0.25, 0.3) is 0 Å². The van der Waals surface area contributed by atoms with Gasteiger partial charge < -0.3 is 5.73 Å². The lowest BCUT2D eigenvalue weighted by Gasteiger charge is -1.99. The van der Waals surface area contributed by atoms with Crippen LogP contribution in [-0.2, 0) is 11.3 Å². The van der Waals surface area contributed by atoms with Gasteiger partial charge in [-0.25, -0.2) is 0 Å². The van der Waals surface area contributed by atoms with Crippen LogP contribution >= 0.6 is 11.5 Å². The molecule has 0 spiro atoms. The summed E-state index contributed by atoms with van der Waals surface area (Å²) in [7, 11) is 0. The third-order valence-electron chi connectivity index (χ3n) is 1.50. The highest BCUT2D eigenvalue weighted by Gasteiger charge is 2.06. The molecule has 2 rings (SSSR count). The number of aromatic nitrogens is 5. The van der Waals surface area contributed by atoms with E-state index in [-0.39, 0.29) is 12.5 Å². The average Bonchev–Trinajstić information content (AvgIpc) is 2.77. The number of amides is 1. The molecule has 2 aromatic rings. The Bertz CT molecular complexity index is 450. The summed E-state index contributed by atoms with van der Waals surface area (Å²) in [5.41, 5.74) is 5.96. The molecule has 0 unspecified atom stereocenters. The summed E-state index contributed by atoms with van der Waals surface area (Å²) < 4.78 is 4.94. The average molecular weight is 225 g/mol. The van der Waals surface area contributed by atoms with Gasteiger partial charge in [0.15, 0.2) is 0 Å². The summed E-state index contributed by atoms with van der Waals surface area (Å²) in [6.07, 6.45) is 3.04. The van der Waals surface area contributed by atoms with Gasteiger partial charge in [-0.2, -0.15) is 5.10 Å². The third kappa shape index (κ3) is 2.47. The highest BCUT2D eigenvalue weighted by atomic mass is 32.1. The molecule has 78 valence electrons. The Hall–Kier alpha value is -2.03. The van der Waals surface area contributed by atoms with E-state index < -0.39 is 0 Å². The van der Waals surface area contributed by atoms with Crippen LogP contribution in [0.25, 0.3) is 0 Å². The van der Waals surface area contributed by atoms with E-state index in [0.29, 0.717) is 10.8 Å². The molecule has 0 atom stereocenters. The number of hydrogen-bond donors (Lipinski definition) is 2. The van der Waals surface area contributed by atoms with Gasteiger partial charge in [0.05, 0.1) is 11.9 Å². The van der Waals surface area contributed by atoms with Crippen LogP contribution in [0.5, 0.6) is 0 Å². The number of carbonyl (C=O) groups is 1. The topological polar surface area (TPSA) is 112 Å². The van der Waals surface area contributed by atoms with E-state index in [0.717, 1.165) is 11.5 Å². The second-order valence-corrected chi connectivity index (χ2v) is 3.42. The third-order valence-corrected chi connectivity index (χ3v) is 2.02. The monoisotopic (exact) mass is 225 g/mol. The zero-order chi connectivity index (χ0) is 10.7. The Labute approximate surface area is 88.3 Å². The van der Waals surface area contributed by atoms with Crippen LogP contribution in [0.1, 0.15) is 0 Å². The lowest BCUT2D eigenvalue weighted by Crippen LogP contribution is -2.18. The molecular weight excluding hydrogens is 218 g/mol. The molecule has 0 saturated carbocycles. The van der Waals surface area contributed by atoms with Gasteiger partial charge in [0.1, 0.15) is 6.54 Å². The van der Waals surface area contributed by atoms with Gasteiger partial charge >= 0.3 is 0 Å². The van der Waals surface area contributed by atoms with Gasteiger partial charge in [0.2, 0.25) is 11.0 Å². The molecule has 0 aliphatic rings. The lowest BCUT2D eigenvalue weighted by molar-refractivity contribution is -0.116. The number of hydrogen-bond acceptors (Lipinski definition) is 7. The number of nitrogens with one attached hydrogen (secondary N) is 1. The Morgan fingerprint density at radius 2 is 2.53 bits per heavy atom. The minimum absolute atomic E-state index is 0.0801.